The number of hydrogen-bond acceptors (Lipinski definition) is 2. The van der Waals surface area contributed by atoms with Crippen molar-refractivity contribution in [1.82, 2.24) is 4.90 Å². The van der Waals surface area contributed by atoms with Crippen molar-refractivity contribution in [2.75, 3.05) is 13.2 Å². The van der Waals surface area contributed by atoms with Gasteiger partial charge < -0.3 is 4.74 Å². The molecule has 1 aliphatic rings. The second-order valence-electron chi connectivity index (χ2n) is 4.04. The molecule has 0 saturated carbocycles. The van der Waals surface area contributed by atoms with E-state index >= 15 is 0 Å². The van der Waals surface area contributed by atoms with Gasteiger partial charge in [0, 0.05) is 6.54 Å². The molecule has 17 heavy (non-hydrogen) atoms. The summed E-state index contributed by atoms with van der Waals surface area (Å²) in [6.45, 7) is 3.14. The van der Waals surface area contributed by atoms with Crippen molar-refractivity contribution in [2.24, 2.45) is 0 Å². The Morgan fingerprint density at radius 1 is 1.35 bits per heavy atom. The van der Waals surface area contributed by atoms with Crippen LogP contribution < -0.4 is 0 Å². The normalized spacial score (nSPS) is 19.9. The van der Waals surface area contributed by atoms with Crippen LogP contribution >= 0.6 is 0 Å². The highest BCUT2D eigenvalue weighted by Gasteiger charge is 2.32. The topological polar surface area (TPSA) is 29.5 Å². The molecule has 0 N–H and O–H groups in total. The molecule has 0 bridgehead atoms. The molecule has 1 atom stereocenters. The maximum Gasteiger partial charge on any atom is 0.410 e. The van der Waals surface area contributed by atoms with Crippen LogP contribution in [0.3, 0.4) is 0 Å². The smallest absolute Gasteiger partial charge is 0.410 e. The lowest BCUT2D eigenvalue weighted by atomic mass is 10.1. The third-order valence-electron chi connectivity index (χ3n) is 2.86. The Morgan fingerprint density at radius 2 is 2.12 bits per heavy atom. The summed E-state index contributed by atoms with van der Waals surface area (Å²) in [6.07, 6.45) is 4.84. The predicted octanol–water partition coefficient (Wildman–Crippen LogP) is 3.15. The van der Waals surface area contributed by atoms with Crippen LogP contribution in [0.15, 0.2) is 42.5 Å². The number of nitrogens with zero attached hydrogens (tertiary/aromatic N) is 1. The molecule has 1 amide bonds. The lowest BCUT2D eigenvalue weighted by Gasteiger charge is -2.19. The summed E-state index contributed by atoms with van der Waals surface area (Å²) in [4.78, 5) is 13.4. The summed E-state index contributed by atoms with van der Waals surface area (Å²) in [6, 6.07) is 10.1. The zero-order chi connectivity index (χ0) is 12.1. The van der Waals surface area contributed by atoms with Gasteiger partial charge in [0.25, 0.3) is 0 Å². The lowest BCUT2D eigenvalue weighted by Crippen LogP contribution is -2.27. The summed E-state index contributed by atoms with van der Waals surface area (Å²) < 4.78 is 5.12. The fourth-order valence-corrected chi connectivity index (χ4v) is 1.96. The van der Waals surface area contributed by atoms with Crippen LogP contribution in [0.1, 0.15) is 24.9 Å². The molecule has 0 spiro atoms. The second-order valence-corrected chi connectivity index (χ2v) is 4.04. The van der Waals surface area contributed by atoms with Crippen LogP contribution in [0, 0.1) is 0 Å². The van der Waals surface area contributed by atoms with Crippen LogP contribution in [-0.4, -0.2) is 24.1 Å². The molecule has 1 fully saturated rings. The summed E-state index contributed by atoms with van der Waals surface area (Å²) in [7, 11) is 0. The number of benzene rings is 1. The minimum Gasteiger partial charge on any atom is -0.447 e. The predicted molar refractivity (Wildman–Crippen MR) is 66.7 cm³/mol. The molecule has 0 radical (unpaired) electrons. The van der Waals surface area contributed by atoms with Gasteiger partial charge in [0.15, 0.2) is 0 Å². The van der Waals surface area contributed by atoms with Crippen molar-refractivity contribution >= 4 is 6.09 Å². The molecule has 1 aliphatic heterocycles. The van der Waals surface area contributed by atoms with E-state index < -0.39 is 0 Å². The minimum atomic E-state index is -0.223. The average molecular weight is 231 g/mol. The first kappa shape index (κ1) is 11.7. The first-order valence-electron chi connectivity index (χ1n) is 5.96. The third kappa shape index (κ3) is 2.67. The van der Waals surface area contributed by atoms with Gasteiger partial charge >= 0.3 is 6.09 Å². The standard InChI is InChI=1S/C14H17NO2/c1-2-3-7-10-15-13(11-17-14(15)16)12-8-5-4-6-9-12/h3-9,13H,2,10-11H2,1H3/b7-3+. The number of hydrogen-bond donors (Lipinski definition) is 0. The van der Waals surface area contributed by atoms with Crippen LogP contribution in [0.5, 0.6) is 0 Å². The average Bonchev–Trinajstić information content (AvgIpc) is 2.73. The quantitative estimate of drug-likeness (QED) is 0.745. The van der Waals surface area contributed by atoms with E-state index in [1.54, 1.807) is 4.90 Å². The van der Waals surface area contributed by atoms with E-state index in [0.717, 1.165) is 12.0 Å². The van der Waals surface area contributed by atoms with Crippen molar-refractivity contribution in [3.8, 4) is 0 Å². The molecule has 1 saturated heterocycles. The van der Waals surface area contributed by atoms with Crippen LogP contribution in [0.25, 0.3) is 0 Å². The number of rotatable bonds is 4. The van der Waals surface area contributed by atoms with Crippen molar-refractivity contribution in [2.45, 2.75) is 19.4 Å². The van der Waals surface area contributed by atoms with Gasteiger partial charge in [-0.1, -0.05) is 49.4 Å². The molecule has 1 unspecified atom stereocenters. The lowest BCUT2D eigenvalue weighted by molar-refractivity contribution is 0.160. The Labute approximate surface area is 102 Å². The Kier molecular flexibility index (Phi) is 3.81. The number of allylic oxidation sites excluding steroid dienone is 1. The second kappa shape index (κ2) is 5.53. The van der Waals surface area contributed by atoms with Gasteiger partial charge in [-0.15, -0.1) is 0 Å². The molecule has 2 rings (SSSR count). The fourth-order valence-electron chi connectivity index (χ4n) is 1.96. The van der Waals surface area contributed by atoms with E-state index in [-0.39, 0.29) is 12.1 Å². The van der Waals surface area contributed by atoms with E-state index in [1.807, 2.05) is 36.4 Å². The van der Waals surface area contributed by atoms with Gasteiger partial charge in [0.05, 0.1) is 6.04 Å². The van der Waals surface area contributed by atoms with Gasteiger partial charge in [-0.05, 0) is 12.0 Å². The van der Waals surface area contributed by atoms with Crippen molar-refractivity contribution in [3.63, 3.8) is 0 Å². The molecule has 0 aliphatic carbocycles. The molecule has 3 heteroatoms. The minimum absolute atomic E-state index is 0.0465. The zero-order valence-electron chi connectivity index (χ0n) is 10.0. The Bertz CT molecular complexity index is 400. The van der Waals surface area contributed by atoms with Gasteiger partial charge in [-0.3, -0.25) is 4.90 Å². The Hall–Kier alpha value is -1.77. The molecular weight excluding hydrogens is 214 g/mol. The number of amides is 1. The van der Waals surface area contributed by atoms with Gasteiger partial charge in [-0.2, -0.15) is 0 Å². The zero-order valence-corrected chi connectivity index (χ0v) is 10.0. The molecular formula is C14H17NO2. The highest BCUT2D eigenvalue weighted by Crippen LogP contribution is 2.27. The molecule has 0 aromatic heterocycles. The Balaban J connectivity index is 2.11. The fraction of sp³-hybridized carbons (Fsp3) is 0.357. The molecule has 3 nitrogen and oxygen atoms in total. The number of cyclic esters (lactones) is 1. The molecule has 1 heterocycles. The summed E-state index contributed by atoms with van der Waals surface area (Å²) in [5.74, 6) is 0. The van der Waals surface area contributed by atoms with E-state index in [1.165, 1.54) is 0 Å². The first-order chi connectivity index (χ1) is 8.33. The summed E-state index contributed by atoms with van der Waals surface area (Å²) >= 11 is 0. The third-order valence-corrected chi connectivity index (χ3v) is 2.86. The number of carbonyl (C=O) groups excluding carboxylic acids is 1. The molecule has 90 valence electrons. The highest BCUT2D eigenvalue weighted by molar-refractivity contribution is 5.70. The van der Waals surface area contributed by atoms with E-state index in [4.69, 9.17) is 4.74 Å². The van der Waals surface area contributed by atoms with Gasteiger partial charge in [0.2, 0.25) is 0 Å². The SMILES string of the molecule is CC/C=C/CN1C(=O)OCC1c1ccccc1. The van der Waals surface area contributed by atoms with E-state index in [9.17, 15) is 4.79 Å². The van der Waals surface area contributed by atoms with Crippen molar-refractivity contribution in [3.05, 3.63) is 48.0 Å². The van der Waals surface area contributed by atoms with E-state index in [0.29, 0.717) is 13.2 Å². The molecule has 1 aromatic carbocycles. The largest absolute Gasteiger partial charge is 0.447 e. The number of ether oxygens (including phenoxy) is 1. The summed E-state index contributed by atoms with van der Waals surface area (Å²) in [5.41, 5.74) is 1.13. The van der Waals surface area contributed by atoms with Crippen molar-refractivity contribution < 1.29 is 9.53 Å². The van der Waals surface area contributed by atoms with E-state index in [2.05, 4.69) is 13.0 Å². The number of carbonyl (C=O) groups is 1. The van der Waals surface area contributed by atoms with Gasteiger partial charge in [-0.25, -0.2) is 4.79 Å². The summed E-state index contributed by atoms with van der Waals surface area (Å²) in [5, 5.41) is 0. The first-order valence-corrected chi connectivity index (χ1v) is 5.96. The maximum atomic E-state index is 11.6. The van der Waals surface area contributed by atoms with Crippen LogP contribution in [0.2, 0.25) is 0 Å². The van der Waals surface area contributed by atoms with Crippen LogP contribution in [-0.2, 0) is 4.74 Å². The van der Waals surface area contributed by atoms with Crippen molar-refractivity contribution in [1.29, 1.82) is 0 Å². The monoisotopic (exact) mass is 231 g/mol. The highest BCUT2D eigenvalue weighted by atomic mass is 16.6. The molecule has 1 aromatic rings. The Morgan fingerprint density at radius 3 is 2.82 bits per heavy atom. The maximum absolute atomic E-state index is 11.6. The van der Waals surface area contributed by atoms with Gasteiger partial charge in [0.1, 0.15) is 6.61 Å². The van der Waals surface area contributed by atoms with Crippen LogP contribution in [0.4, 0.5) is 4.79 Å².